The first-order chi connectivity index (χ1) is 7.03. The molecule has 0 aromatic heterocycles. The molecule has 0 aromatic carbocycles. The summed E-state index contributed by atoms with van der Waals surface area (Å²) >= 11 is 0. The smallest absolute Gasteiger partial charge is 0.244 e. The zero-order valence-corrected chi connectivity index (χ0v) is 9.68. The molecule has 84 valence electrons. The van der Waals surface area contributed by atoms with Crippen LogP contribution in [0.3, 0.4) is 0 Å². The summed E-state index contributed by atoms with van der Waals surface area (Å²) in [5.74, 6) is 0.380. The highest BCUT2D eigenvalue weighted by atomic mass is 16.2. The molecule has 1 amide bonds. The van der Waals surface area contributed by atoms with Gasteiger partial charge in [0.2, 0.25) is 5.91 Å². The van der Waals surface area contributed by atoms with Crippen molar-refractivity contribution in [3.05, 3.63) is 0 Å². The number of nitrogens with one attached hydrogen (secondary N) is 1. The zero-order chi connectivity index (χ0) is 10.7. The van der Waals surface area contributed by atoms with Crippen molar-refractivity contribution in [2.24, 2.45) is 5.41 Å². The van der Waals surface area contributed by atoms with Crippen LogP contribution in [0.5, 0.6) is 0 Å². The first-order valence-corrected chi connectivity index (χ1v) is 6.09. The lowest BCUT2D eigenvalue weighted by molar-refractivity contribution is -0.131. The second-order valence-corrected chi connectivity index (χ2v) is 6.25. The van der Waals surface area contributed by atoms with Gasteiger partial charge in [0, 0.05) is 6.04 Å². The van der Waals surface area contributed by atoms with E-state index < -0.39 is 0 Å². The summed E-state index contributed by atoms with van der Waals surface area (Å²) < 4.78 is 0. The maximum Gasteiger partial charge on any atom is 0.244 e. The van der Waals surface area contributed by atoms with Crippen molar-refractivity contribution in [2.75, 3.05) is 6.67 Å². The number of hydrogen-bond acceptors (Lipinski definition) is 2. The van der Waals surface area contributed by atoms with Crippen molar-refractivity contribution < 1.29 is 4.79 Å². The highest BCUT2D eigenvalue weighted by molar-refractivity contribution is 5.91. The average molecular weight is 208 g/mol. The van der Waals surface area contributed by atoms with Crippen molar-refractivity contribution in [1.82, 2.24) is 10.2 Å². The third kappa shape index (κ3) is 1.40. The van der Waals surface area contributed by atoms with Crippen LogP contribution in [-0.4, -0.2) is 29.1 Å². The van der Waals surface area contributed by atoms with Gasteiger partial charge in [-0.05, 0) is 37.5 Å². The van der Waals surface area contributed by atoms with Crippen LogP contribution < -0.4 is 5.32 Å². The molecule has 0 bridgehead atoms. The van der Waals surface area contributed by atoms with Crippen molar-refractivity contribution in [2.45, 2.75) is 57.5 Å². The summed E-state index contributed by atoms with van der Waals surface area (Å²) in [7, 11) is 0. The molecule has 1 saturated heterocycles. The first-order valence-electron chi connectivity index (χ1n) is 6.09. The van der Waals surface area contributed by atoms with E-state index in [1.807, 2.05) is 0 Å². The minimum atomic E-state index is -0.104. The Morgan fingerprint density at radius 3 is 2.53 bits per heavy atom. The molecule has 3 heteroatoms. The maximum absolute atomic E-state index is 12.2. The molecule has 2 saturated carbocycles. The summed E-state index contributed by atoms with van der Waals surface area (Å²) in [5.41, 5.74) is 0.330. The Morgan fingerprint density at radius 1 is 1.33 bits per heavy atom. The molecule has 15 heavy (non-hydrogen) atoms. The summed E-state index contributed by atoms with van der Waals surface area (Å²) in [5, 5.41) is 3.39. The number of carbonyl (C=O) groups is 1. The third-order valence-electron chi connectivity index (χ3n) is 4.39. The van der Waals surface area contributed by atoms with Crippen LogP contribution in [0, 0.1) is 5.41 Å². The van der Waals surface area contributed by atoms with Gasteiger partial charge in [-0.2, -0.15) is 0 Å². The van der Waals surface area contributed by atoms with Crippen LogP contribution in [0.2, 0.25) is 0 Å². The van der Waals surface area contributed by atoms with E-state index in [0.29, 0.717) is 17.4 Å². The SMILES string of the molecule is CC1(C)CCC(N2CNC3(CC3)C2=O)C1. The molecule has 0 aromatic rings. The van der Waals surface area contributed by atoms with Crippen molar-refractivity contribution in [3.63, 3.8) is 0 Å². The minimum absolute atomic E-state index is 0.104. The van der Waals surface area contributed by atoms with E-state index in [0.717, 1.165) is 19.5 Å². The highest BCUT2D eigenvalue weighted by Gasteiger charge is 2.57. The maximum atomic E-state index is 12.2. The molecule has 2 aliphatic carbocycles. The standard InChI is InChI=1S/C12H20N2O/c1-11(2)4-3-9(7-11)14-8-13-12(5-6-12)10(14)15/h9,13H,3-8H2,1-2H3. The number of rotatable bonds is 1. The van der Waals surface area contributed by atoms with Gasteiger partial charge in [-0.15, -0.1) is 0 Å². The second-order valence-electron chi connectivity index (χ2n) is 6.25. The van der Waals surface area contributed by atoms with E-state index >= 15 is 0 Å². The van der Waals surface area contributed by atoms with Crippen LogP contribution in [0.15, 0.2) is 0 Å². The van der Waals surface area contributed by atoms with Crippen molar-refractivity contribution in [3.8, 4) is 0 Å². The van der Waals surface area contributed by atoms with Crippen molar-refractivity contribution >= 4 is 5.91 Å². The monoisotopic (exact) mass is 208 g/mol. The van der Waals surface area contributed by atoms with Crippen LogP contribution in [0.4, 0.5) is 0 Å². The second kappa shape index (κ2) is 2.76. The van der Waals surface area contributed by atoms with E-state index in [2.05, 4.69) is 24.1 Å². The predicted octanol–water partition coefficient (Wildman–Crippen LogP) is 1.49. The van der Waals surface area contributed by atoms with E-state index in [-0.39, 0.29) is 5.54 Å². The molecular weight excluding hydrogens is 188 g/mol. The molecule has 3 rings (SSSR count). The Bertz CT molecular complexity index is 307. The van der Waals surface area contributed by atoms with E-state index in [1.54, 1.807) is 0 Å². The summed E-state index contributed by atoms with van der Waals surface area (Å²) in [6.45, 7) is 5.42. The van der Waals surface area contributed by atoms with Gasteiger partial charge in [0.1, 0.15) is 0 Å². The quantitative estimate of drug-likeness (QED) is 0.708. The molecular formula is C12H20N2O. The number of hydrogen-bond donors (Lipinski definition) is 1. The number of nitrogens with zero attached hydrogens (tertiary/aromatic N) is 1. The summed E-state index contributed by atoms with van der Waals surface area (Å²) in [6, 6.07) is 0.500. The van der Waals surface area contributed by atoms with E-state index in [1.165, 1.54) is 19.3 Å². The Hall–Kier alpha value is -0.570. The zero-order valence-electron chi connectivity index (χ0n) is 9.68. The molecule has 3 nitrogen and oxygen atoms in total. The normalized spacial score (nSPS) is 36.5. The molecule has 0 radical (unpaired) electrons. The van der Waals surface area contributed by atoms with Crippen LogP contribution >= 0.6 is 0 Å². The van der Waals surface area contributed by atoms with E-state index in [9.17, 15) is 4.79 Å². The van der Waals surface area contributed by atoms with Crippen molar-refractivity contribution in [1.29, 1.82) is 0 Å². The molecule has 1 aliphatic heterocycles. The molecule has 1 spiro atoms. The Kier molecular flexibility index (Phi) is 1.77. The fourth-order valence-electron chi connectivity index (χ4n) is 3.13. The summed E-state index contributed by atoms with van der Waals surface area (Å²) in [6.07, 6.45) is 5.73. The van der Waals surface area contributed by atoms with E-state index in [4.69, 9.17) is 0 Å². The van der Waals surface area contributed by atoms with Gasteiger partial charge in [-0.3, -0.25) is 10.1 Å². The summed E-state index contributed by atoms with van der Waals surface area (Å²) in [4.78, 5) is 14.2. The number of carbonyl (C=O) groups excluding carboxylic acids is 1. The van der Waals surface area contributed by atoms with Gasteiger partial charge >= 0.3 is 0 Å². The molecule has 1 unspecified atom stereocenters. The lowest BCUT2D eigenvalue weighted by Gasteiger charge is -2.25. The lowest BCUT2D eigenvalue weighted by atomic mass is 9.91. The molecule has 3 aliphatic rings. The van der Waals surface area contributed by atoms with Gasteiger partial charge in [-0.1, -0.05) is 13.8 Å². The molecule has 1 heterocycles. The largest absolute Gasteiger partial charge is 0.325 e. The molecule has 3 fully saturated rings. The van der Waals surface area contributed by atoms with Gasteiger partial charge in [0.05, 0.1) is 12.2 Å². The topological polar surface area (TPSA) is 32.3 Å². The average Bonchev–Trinajstić information content (AvgIpc) is 2.77. The Labute approximate surface area is 91.2 Å². The number of amides is 1. The van der Waals surface area contributed by atoms with Gasteiger partial charge in [-0.25, -0.2) is 0 Å². The molecule has 1 atom stereocenters. The fraction of sp³-hybridized carbons (Fsp3) is 0.917. The van der Waals surface area contributed by atoms with Gasteiger partial charge < -0.3 is 4.90 Å². The van der Waals surface area contributed by atoms with Crippen LogP contribution in [-0.2, 0) is 4.79 Å². The third-order valence-corrected chi connectivity index (χ3v) is 4.39. The van der Waals surface area contributed by atoms with Gasteiger partial charge in [0.15, 0.2) is 0 Å². The minimum Gasteiger partial charge on any atom is -0.325 e. The fourth-order valence-corrected chi connectivity index (χ4v) is 3.13. The predicted molar refractivity (Wildman–Crippen MR) is 58.2 cm³/mol. The highest BCUT2D eigenvalue weighted by Crippen LogP contribution is 2.45. The van der Waals surface area contributed by atoms with Gasteiger partial charge in [0.25, 0.3) is 0 Å². The Morgan fingerprint density at radius 2 is 2.07 bits per heavy atom. The first kappa shape index (κ1) is 9.64. The molecule has 1 N–H and O–H groups in total. The Balaban J connectivity index is 1.72. The van der Waals surface area contributed by atoms with Crippen LogP contribution in [0.1, 0.15) is 46.0 Å². The lowest BCUT2D eigenvalue weighted by Crippen LogP contribution is -2.38. The van der Waals surface area contributed by atoms with Crippen LogP contribution in [0.25, 0.3) is 0 Å².